The highest BCUT2D eigenvalue weighted by molar-refractivity contribution is 6.02. The SMILES string of the molecule is N#Cc1ccccc1-c1ccccc1C(=O)NCC(=O)OCc1ccccc1. The largest absolute Gasteiger partial charge is 0.460 e. The van der Waals surface area contributed by atoms with E-state index in [2.05, 4.69) is 11.4 Å². The Morgan fingerprint density at radius 2 is 1.50 bits per heavy atom. The number of hydrogen-bond acceptors (Lipinski definition) is 4. The van der Waals surface area contributed by atoms with Crippen molar-refractivity contribution in [3.05, 3.63) is 95.6 Å². The Labute approximate surface area is 163 Å². The molecule has 5 nitrogen and oxygen atoms in total. The van der Waals surface area contributed by atoms with Crippen LogP contribution in [0.5, 0.6) is 0 Å². The van der Waals surface area contributed by atoms with E-state index < -0.39 is 11.9 Å². The molecular weight excluding hydrogens is 352 g/mol. The first-order chi connectivity index (χ1) is 13.7. The van der Waals surface area contributed by atoms with E-state index in [1.54, 1.807) is 42.5 Å². The predicted molar refractivity (Wildman–Crippen MR) is 105 cm³/mol. The molecule has 0 radical (unpaired) electrons. The lowest BCUT2D eigenvalue weighted by atomic mass is 9.95. The number of nitriles is 1. The second-order valence-electron chi connectivity index (χ2n) is 6.03. The van der Waals surface area contributed by atoms with Gasteiger partial charge in [-0.2, -0.15) is 5.26 Å². The van der Waals surface area contributed by atoms with Gasteiger partial charge in [0.05, 0.1) is 11.6 Å². The molecule has 1 N–H and O–H groups in total. The fraction of sp³-hybridized carbons (Fsp3) is 0.0870. The van der Waals surface area contributed by atoms with Crippen LogP contribution < -0.4 is 5.32 Å². The molecule has 3 rings (SSSR count). The molecule has 0 aromatic heterocycles. The first-order valence-corrected chi connectivity index (χ1v) is 8.75. The van der Waals surface area contributed by atoms with Crippen LogP contribution in [-0.4, -0.2) is 18.4 Å². The van der Waals surface area contributed by atoms with E-state index in [1.807, 2.05) is 36.4 Å². The van der Waals surface area contributed by atoms with Crippen molar-refractivity contribution in [2.24, 2.45) is 0 Å². The Hall–Kier alpha value is -3.91. The Morgan fingerprint density at radius 3 is 2.25 bits per heavy atom. The van der Waals surface area contributed by atoms with E-state index in [9.17, 15) is 14.9 Å². The van der Waals surface area contributed by atoms with Crippen LogP contribution in [-0.2, 0) is 16.1 Å². The first-order valence-electron chi connectivity index (χ1n) is 8.75. The zero-order valence-electron chi connectivity index (χ0n) is 15.1. The summed E-state index contributed by atoms with van der Waals surface area (Å²) in [6, 6.07) is 25.5. The summed E-state index contributed by atoms with van der Waals surface area (Å²) in [5, 5.41) is 11.9. The Kier molecular flexibility index (Phi) is 6.17. The number of hydrogen-bond donors (Lipinski definition) is 1. The highest BCUT2D eigenvalue weighted by Gasteiger charge is 2.15. The first kappa shape index (κ1) is 18.9. The molecule has 0 atom stereocenters. The number of nitrogens with zero attached hydrogens (tertiary/aromatic N) is 1. The van der Waals surface area contributed by atoms with Gasteiger partial charge < -0.3 is 10.1 Å². The summed E-state index contributed by atoms with van der Waals surface area (Å²) in [4.78, 5) is 24.5. The van der Waals surface area contributed by atoms with Gasteiger partial charge in [-0.15, -0.1) is 0 Å². The van der Waals surface area contributed by atoms with E-state index in [0.717, 1.165) is 5.56 Å². The van der Waals surface area contributed by atoms with Crippen LogP contribution in [0.2, 0.25) is 0 Å². The minimum Gasteiger partial charge on any atom is -0.460 e. The van der Waals surface area contributed by atoms with Gasteiger partial charge in [-0.1, -0.05) is 66.7 Å². The molecule has 0 aliphatic carbocycles. The standard InChI is InChI=1S/C23H18N2O3/c24-14-18-10-4-5-11-19(18)20-12-6-7-13-21(20)23(27)25-15-22(26)28-16-17-8-2-1-3-9-17/h1-13H,15-16H2,(H,25,27). The molecule has 138 valence electrons. The number of ether oxygens (including phenoxy) is 1. The minimum absolute atomic E-state index is 0.154. The monoisotopic (exact) mass is 370 g/mol. The molecule has 0 saturated heterocycles. The minimum atomic E-state index is -0.521. The molecule has 0 heterocycles. The molecule has 1 amide bonds. The highest BCUT2D eigenvalue weighted by Crippen LogP contribution is 2.26. The van der Waals surface area contributed by atoms with Crippen LogP contribution in [0.1, 0.15) is 21.5 Å². The lowest BCUT2D eigenvalue weighted by Crippen LogP contribution is -2.30. The van der Waals surface area contributed by atoms with Gasteiger partial charge in [0.25, 0.3) is 5.91 Å². The number of rotatable bonds is 6. The van der Waals surface area contributed by atoms with Crippen LogP contribution >= 0.6 is 0 Å². The van der Waals surface area contributed by atoms with Crippen molar-refractivity contribution < 1.29 is 14.3 Å². The Balaban J connectivity index is 1.67. The molecule has 3 aromatic carbocycles. The third kappa shape index (κ3) is 4.63. The number of carbonyl (C=O) groups is 2. The number of esters is 1. The van der Waals surface area contributed by atoms with Crippen molar-refractivity contribution in [2.45, 2.75) is 6.61 Å². The van der Waals surface area contributed by atoms with E-state index >= 15 is 0 Å². The topological polar surface area (TPSA) is 79.2 Å². The van der Waals surface area contributed by atoms with Crippen molar-refractivity contribution in [3.8, 4) is 17.2 Å². The van der Waals surface area contributed by atoms with E-state index in [-0.39, 0.29) is 13.2 Å². The number of carbonyl (C=O) groups excluding carboxylic acids is 2. The van der Waals surface area contributed by atoms with Gasteiger partial charge in [-0.05, 0) is 23.3 Å². The second kappa shape index (κ2) is 9.15. The third-order valence-electron chi connectivity index (χ3n) is 4.15. The lowest BCUT2D eigenvalue weighted by Gasteiger charge is -2.11. The molecule has 3 aromatic rings. The van der Waals surface area contributed by atoms with Crippen molar-refractivity contribution in [1.29, 1.82) is 5.26 Å². The molecule has 0 spiro atoms. The zero-order chi connectivity index (χ0) is 19.8. The van der Waals surface area contributed by atoms with Crippen LogP contribution in [0.4, 0.5) is 0 Å². The fourth-order valence-corrected chi connectivity index (χ4v) is 2.77. The summed E-state index contributed by atoms with van der Waals surface area (Å²) in [7, 11) is 0. The van der Waals surface area contributed by atoms with Crippen molar-refractivity contribution >= 4 is 11.9 Å². The third-order valence-corrected chi connectivity index (χ3v) is 4.15. The molecule has 0 unspecified atom stereocenters. The van der Waals surface area contributed by atoms with Crippen LogP contribution in [0.3, 0.4) is 0 Å². The van der Waals surface area contributed by atoms with Gasteiger partial charge in [0.15, 0.2) is 0 Å². The summed E-state index contributed by atoms with van der Waals surface area (Å²) in [6.45, 7) is -0.0818. The molecular formula is C23H18N2O3. The Bertz CT molecular complexity index is 1020. The second-order valence-corrected chi connectivity index (χ2v) is 6.03. The summed E-state index contributed by atoms with van der Waals surface area (Å²) >= 11 is 0. The van der Waals surface area contributed by atoms with Gasteiger partial charge >= 0.3 is 5.97 Å². The summed E-state index contributed by atoms with van der Waals surface area (Å²) < 4.78 is 5.17. The fourth-order valence-electron chi connectivity index (χ4n) is 2.77. The average molecular weight is 370 g/mol. The maximum Gasteiger partial charge on any atom is 0.325 e. The maximum absolute atomic E-state index is 12.6. The molecule has 0 bridgehead atoms. The van der Waals surface area contributed by atoms with Crippen LogP contribution in [0.25, 0.3) is 11.1 Å². The smallest absolute Gasteiger partial charge is 0.325 e. The quantitative estimate of drug-likeness (QED) is 0.671. The zero-order valence-corrected chi connectivity index (χ0v) is 15.1. The van der Waals surface area contributed by atoms with Gasteiger partial charge in [0.2, 0.25) is 0 Å². The summed E-state index contributed by atoms with van der Waals surface area (Å²) in [5.74, 6) is -0.924. The molecule has 0 aliphatic heterocycles. The lowest BCUT2D eigenvalue weighted by molar-refractivity contribution is -0.143. The number of amides is 1. The van der Waals surface area contributed by atoms with Crippen molar-refractivity contribution in [3.63, 3.8) is 0 Å². The number of nitrogens with one attached hydrogen (secondary N) is 1. The van der Waals surface area contributed by atoms with E-state index in [0.29, 0.717) is 22.3 Å². The normalized spacial score (nSPS) is 9.96. The van der Waals surface area contributed by atoms with E-state index in [4.69, 9.17) is 4.74 Å². The maximum atomic E-state index is 12.6. The van der Waals surface area contributed by atoms with Gasteiger partial charge in [0.1, 0.15) is 13.2 Å². The van der Waals surface area contributed by atoms with Gasteiger partial charge in [-0.3, -0.25) is 9.59 Å². The molecule has 0 aliphatic rings. The molecule has 0 fully saturated rings. The average Bonchev–Trinajstić information content (AvgIpc) is 2.76. The van der Waals surface area contributed by atoms with Gasteiger partial charge in [-0.25, -0.2) is 0 Å². The predicted octanol–water partition coefficient (Wildman–Crippen LogP) is 3.70. The van der Waals surface area contributed by atoms with Gasteiger partial charge in [0, 0.05) is 11.1 Å². The van der Waals surface area contributed by atoms with Crippen LogP contribution in [0, 0.1) is 11.3 Å². The number of benzene rings is 3. The molecule has 0 saturated carbocycles. The molecule has 5 heteroatoms. The Morgan fingerprint density at radius 1 is 0.857 bits per heavy atom. The molecule has 28 heavy (non-hydrogen) atoms. The summed E-state index contributed by atoms with van der Waals surface area (Å²) in [6.07, 6.45) is 0. The highest BCUT2D eigenvalue weighted by atomic mass is 16.5. The van der Waals surface area contributed by atoms with Crippen molar-refractivity contribution in [2.75, 3.05) is 6.54 Å². The van der Waals surface area contributed by atoms with Crippen LogP contribution in [0.15, 0.2) is 78.9 Å². The van der Waals surface area contributed by atoms with Crippen molar-refractivity contribution in [1.82, 2.24) is 5.32 Å². The van der Waals surface area contributed by atoms with E-state index in [1.165, 1.54) is 0 Å². The summed E-state index contributed by atoms with van der Waals surface area (Å²) in [5.41, 5.74) is 3.05.